The zero-order chi connectivity index (χ0) is 15.4. The van der Waals surface area contributed by atoms with Crippen molar-refractivity contribution in [3.63, 3.8) is 0 Å². The Morgan fingerprint density at radius 3 is 2.71 bits per heavy atom. The Balaban J connectivity index is 2.22. The maximum Gasteiger partial charge on any atom is 0.254 e. The topological polar surface area (TPSA) is 33.2 Å². The molecule has 0 aliphatic carbocycles. The van der Waals surface area contributed by atoms with Gasteiger partial charge in [0.05, 0.1) is 0 Å². The molecule has 5 heteroatoms. The summed E-state index contributed by atoms with van der Waals surface area (Å²) in [6.45, 7) is 4.54. The maximum absolute atomic E-state index is 13.2. The molecule has 0 atom stereocenters. The van der Waals surface area contributed by atoms with Crippen LogP contribution in [-0.2, 0) is 6.54 Å². The Kier molecular flexibility index (Phi) is 4.91. The number of aryl methyl sites for hydroxylation is 1. The highest BCUT2D eigenvalue weighted by atomic mass is 35.5. The van der Waals surface area contributed by atoms with Crippen molar-refractivity contribution in [3.05, 3.63) is 64.2 Å². The quantitative estimate of drug-likeness (QED) is 0.804. The van der Waals surface area contributed by atoms with Gasteiger partial charge in [-0.2, -0.15) is 0 Å². The molecule has 0 radical (unpaired) electrons. The fourth-order valence-electron chi connectivity index (χ4n) is 2.12. The molecular weight excluding hydrogens is 291 g/mol. The number of hydrogen-bond donors (Lipinski definition) is 0. The van der Waals surface area contributed by atoms with Crippen LogP contribution in [0.5, 0.6) is 0 Å². The number of pyridine rings is 1. The first-order valence-corrected chi connectivity index (χ1v) is 7.05. The smallest absolute Gasteiger partial charge is 0.254 e. The van der Waals surface area contributed by atoms with E-state index in [1.165, 1.54) is 12.1 Å². The van der Waals surface area contributed by atoms with Gasteiger partial charge in [-0.3, -0.25) is 4.79 Å². The molecule has 2 aromatic rings. The third-order valence-corrected chi connectivity index (χ3v) is 3.29. The van der Waals surface area contributed by atoms with Gasteiger partial charge in [0.2, 0.25) is 0 Å². The van der Waals surface area contributed by atoms with E-state index in [-0.39, 0.29) is 11.7 Å². The van der Waals surface area contributed by atoms with E-state index < -0.39 is 0 Å². The van der Waals surface area contributed by atoms with Crippen LogP contribution in [0.3, 0.4) is 0 Å². The average Bonchev–Trinajstić information content (AvgIpc) is 2.43. The Morgan fingerprint density at radius 2 is 2.10 bits per heavy atom. The Bertz CT molecular complexity index is 640. The van der Waals surface area contributed by atoms with Crippen LogP contribution in [0.25, 0.3) is 0 Å². The van der Waals surface area contributed by atoms with E-state index in [2.05, 4.69) is 4.98 Å². The molecule has 0 fully saturated rings. The summed E-state index contributed by atoms with van der Waals surface area (Å²) in [6.07, 6.45) is 0. The number of halogens is 2. The zero-order valence-electron chi connectivity index (χ0n) is 11.9. The molecule has 1 amide bonds. The van der Waals surface area contributed by atoms with E-state index in [9.17, 15) is 9.18 Å². The van der Waals surface area contributed by atoms with Crippen LogP contribution < -0.4 is 0 Å². The standard InChI is InChI=1S/C16H16ClFN2O/c1-3-20(10-12-5-4-6-14(18)8-12)16(21)13-7-11(2)19-15(17)9-13/h4-9H,3,10H2,1-2H3. The van der Waals surface area contributed by atoms with Crippen molar-refractivity contribution >= 4 is 17.5 Å². The van der Waals surface area contributed by atoms with Gasteiger partial charge in [0.1, 0.15) is 11.0 Å². The van der Waals surface area contributed by atoms with Crippen LogP contribution >= 0.6 is 11.6 Å². The van der Waals surface area contributed by atoms with Gasteiger partial charge in [0.15, 0.2) is 0 Å². The second-order valence-electron chi connectivity index (χ2n) is 4.77. The molecule has 0 saturated carbocycles. The average molecular weight is 307 g/mol. The van der Waals surface area contributed by atoms with E-state index in [0.717, 1.165) is 5.56 Å². The summed E-state index contributed by atoms with van der Waals surface area (Å²) in [4.78, 5) is 18.2. The van der Waals surface area contributed by atoms with Crippen LogP contribution in [0.1, 0.15) is 28.5 Å². The lowest BCUT2D eigenvalue weighted by Gasteiger charge is -2.21. The summed E-state index contributed by atoms with van der Waals surface area (Å²) in [6, 6.07) is 9.49. The molecule has 0 spiro atoms. The van der Waals surface area contributed by atoms with Crippen LogP contribution in [0.2, 0.25) is 5.15 Å². The lowest BCUT2D eigenvalue weighted by Crippen LogP contribution is -2.30. The highest BCUT2D eigenvalue weighted by molar-refractivity contribution is 6.29. The van der Waals surface area contributed by atoms with Crippen molar-refractivity contribution in [1.29, 1.82) is 0 Å². The molecule has 0 N–H and O–H groups in total. The summed E-state index contributed by atoms with van der Waals surface area (Å²) < 4.78 is 13.2. The molecule has 0 bridgehead atoms. The number of hydrogen-bond acceptors (Lipinski definition) is 2. The third-order valence-electron chi connectivity index (χ3n) is 3.10. The van der Waals surface area contributed by atoms with Gasteiger partial charge in [-0.15, -0.1) is 0 Å². The minimum Gasteiger partial charge on any atom is -0.335 e. The van der Waals surface area contributed by atoms with Gasteiger partial charge in [0.25, 0.3) is 5.91 Å². The lowest BCUT2D eigenvalue weighted by atomic mass is 10.1. The molecule has 1 aromatic heterocycles. The number of nitrogens with zero attached hydrogens (tertiary/aromatic N) is 2. The van der Waals surface area contributed by atoms with Gasteiger partial charge in [-0.05, 0) is 43.7 Å². The summed E-state index contributed by atoms with van der Waals surface area (Å²) in [7, 11) is 0. The van der Waals surface area contributed by atoms with Crippen LogP contribution in [0.4, 0.5) is 4.39 Å². The van der Waals surface area contributed by atoms with Crippen molar-refractivity contribution in [3.8, 4) is 0 Å². The van der Waals surface area contributed by atoms with Crippen LogP contribution in [0, 0.1) is 12.7 Å². The summed E-state index contributed by atoms with van der Waals surface area (Å²) in [5.74, 6) is -0.451. The minimum atomic E-state index is -0.307. The van der Waals surface area contributed by atoms with Gasteiger partial charge in [-0.1, -0.05) is 23.7 Å². The van der Waals surface area contributed by atoms with Crippen molar-refractivity contribution in [1.82, 2.24) is 9.88 Å². The SMILES string of the molecule is CCN(Cc1cccc(F)c1)C(=O)c1cc(C)nc(Cl)c1. The molecule has 0 aliphatic rings. The highest BCUT2D eigenvalue weighted by Gasteiger charge is 2.16. The zero-order valence-corrected chi connectivity index (χ0v) is 12.7. The van der Waals surface area contributed by atoms with E-state index in [1.807, 2.05) is 6.92 Å². The first-order chi connectivity index (χ1) is 9.99. The largest absolute Gasteiger partial charge is 0.335 e. The van der Waals surface area contributed by atoms with Crippen LogP contribution in [-0.4, -0.2) is 22.3 Å². The monoisotopic (exact) mass is 306 g/mol. The second-order valence-corrected chi connectivity index (χ2v) is 5.16. The first kappa shape index (κ1) is 15.4. The summed E-state index contributed by atoms with van der Waals surface area (Å²) in [5.41, 5.74) is 1.93. The number of carbonyl (C=O) groups is 1. The highest BCUT2D eigenvalue weighted by Crippen LogP contribution is 2.15. The van der Waals surface area contributed by atoms with E-state index in [4.69, 9.17) is 11.6 Å². The number of carbonyl (C=O) groups excluding carboxylic acids is 1. The van der Waals surface area contributed by atoms with Gasteiger partial charge >= 0.3 is 0 Å². The molecule has 0 saturated heterocycles. The molecule has 1 aromatic carbocycles. The van der Waals surface area contributed by atoms with E-state index >= 15 is 0 Å². The molecule has 110 valence electrons. The summed E-state index contributed by atoms with van der Waals surface area (Å²) >= 11 is 5.89. The number of benzene rings is 1. The minimum absolute atomic E-state index is 0.144. The Morgan fingerprint density at radius 1 is 1.33 bits per heavy atom. The molecule has 21 heavy (non-hydrogen) atoms. The number of amides is 1. The number of aromatic nitrogens is 1. The molecule has 0 unspecified atom stereocenters. The van der Waals surface area contributed by atoms with Gasteiger partial charge in [0, 0.05) is 24.3 Å². The lowest BCUT2D eigenvalue weighted by molar-refractivity contribution is 0.0752. The van der Waals surface area contributed by atoms with E-state index in [0.29, 0.717) is 29.5 Å². The number of rotatable bonds is 4. The predicted octanol–water partition coefficient (Wildman–Crippen LogP) is 3.84. The Labute approximate surface area is 128 Å². The van der Waals surface area contributed by atoms with Crippen molar-refractivity contribution in [2.75, 3.05) is 6.54 Å². The van der Waals surface area contributed by atoms with Crippen molar-refractivity contribution < 1.29 is 9.18 Å². The third kappa shape index (κ3) is 4.02. The predicted molar refractivity (Wildman–Crippen MR) is 80.8 cm³/mol. The fourth-order valence-corrected chi connectivity index (χ4v) is 2.37. The van der Waals surface area contributed by atoms with E-state index in [1.54, 1.807) is 36.1 Å². The normalized spacial score (nSPS) is 10.5. The van der Waals surface area contributed by atoms with Crippen LogP contribution in [0.15, 0.2) is 36.4 Å². The maximum atomic E-state index is 13.2. The van der Waals surface area contributed by atoms with Crippen molar-refractivity contribution in [2.24, 2.45) is 0 Å². The molecule has 3 nitrogen and oxygen atoms in total. The van der Waals surface area contributed by atoms with Crippen molar-refractivity contribution in [2.45, 2.75) is 20.4 Å². The summed E-state index contributed by atoms with van der Waals surface area (Å²) in [5, 5.41) is 0.292. The molecular formula is C16H16ClFN2O. The second kappa shape index (κ2) is 6.68. The molecule has 2 rings (SSSR count). The Hall–Kier alpha value is -1.94. The fraction of sp³-hybridized carbons (Fsp3) is 0.250. The first-order valence-electron chi connectivity index (χ1n) is 6.67. The van der Waals surface area contributed by atoms with Gasteiger partial charge < -0.3 is 4.90 Å². The molecule has 1 heterocycles. The molecule has 0 aliphatic heterocycles. The van der Waals surface area contributed by atoms with Gasteiger partial charge in [-0.25, -0.2) is 9.37 Å².